The van der Waals surface area contributed by atoms with Crippen LogP contribution >= 0.6 is 0 Å². The van der Waals surface area contributed by atoms with Crippen molar-refractivity contribution in [3.8, 4) is 0 Å². The van der Waals surface area contributed by atoms with E-state index in [0.29, 0.717) is 12.8 Å². The summed E-state index contributed by atoms with van der Waals surface area (Å²) in [5, 5.41) is 13.2. The fourth-order valence-electron chi connectivity index (χ4n) is 2.93. The highest BCUT2D eigenvalue weighted by Crippen LogP contribution is 2.34. The molecule has 0 spiro atoms. The van der Waals surface area contributed by atoms with Crippen molar-refractivity contribution >= 4 is 17.6 Å². The van der Waals surface area contributed by atoms with E-state index in [1.807, 2.05) is 6.92 Å². The summed E-state index contributed by atoms with van der Waals surface area (Å²) in [4.78, 5) is 33.5. The molecule has 1 N–H and O–H groups in total. The molecule has 1 amide bonds. The summed E-state index contributed by atoms with van der Waals surface area (Å²) in [5.41, 5.74) is -0.0627. The Bertz CT molecular complexity index is 634. The first-order valence-electron chi connectivity index (χ1n) is 7.70. The number of carbonyl (C=O) groups is 2. The number of nitro benzene ring substituents is 1. The topological polar surface area (TPSA) is 98.5 Å². The van der Waals surface area contributed by atoms with E-state index in [-0.39, 0.29) is 23.1 Å². The number of esters is 1. The number of nitro groups is 1. The van der Waals surface area contributed by atoms with Gasteiger partial charge in [-0.15, -0.1) is 0 Å². The Kier molecular flexibility index (Phi) is 5.48. The Morgan fingerprint density at radius 1 is 1.38 bits per heavy atom. The SMILES string of the molecule is CC[C@H]1C[C@@H](NC(C)=O)[C@H](OC(=O)c2ccc([N+](=O)[O-])cc2)[C@@H]1F. The van der Waals surface area contributed by atoms with Gasteiger partial charge in [0, 0.05) is 19.1 Å². The molecule has 0 radical (unpaired) electrons. The predicted molar refractivity (Wildman–Crippen MR) is 83.2 cm³/mol. The van der Waals surface area contributed by atoms with Crippen LogP contribution in [0.25, 0.3) is 0 Å². The normalized spacial score (nSPS) is 26.0. The lowest BCUT2D eigenvalue weighted by Crippen LogP contribution is -2.43. The predicted octanol–water partition coefficient (Wildman–Crippen LogP) is 2.39. The molecule has 1 aliphatic carbocycles. The summed E-state index contributed by atoms with van der Waals surface area (Å²) in [7, 11) is 0. The summed E-state index contributed by atoms with van der Waals surface area (Å²) in [6.45, 7) is 3.16. The molecule has 8 heteroatoms. The van der Waals surface area contributed by atoms with Gasteiger partial charge in [0.2, 0.25) is 5.91 Å². The van der Waals surface area contributed by atoms with E-state index in [2.05, 4.69) is 5.32 Å². The van der Waals surface area contributed by atoms with Gasteiger partial charge in [-0.05, 0) is 24.5 Å². The van der Waals surface area contributed by atoms with Crippen LogP contribution in [-0.2, 0) is 9.53 Å². The second kappa shape index (κ2) is 7.37. The molecule has 1 aromatic rings. The molecule has 0 unspecified atom stereocenters. The number of alkyl halides is 1. The first-order chi connectivity index (χ1) is 11.3. The minimum Gasteiger partial charge on any atom is -0.453 e. The van der Waals surface area contributed by atoms with E-state index >= 15 is 0 Å². The van der Waals surface area contributed by atoms with Gasteiger partial charge in [0.05, 0.1) is 16.5 Å². The van der Waals surface area contributed by atoms with Gasteiger partial charge >= 0.3 is 5.97 Å². The average Bonchev–Trinajstić information content (AvgIpc) is 2.82. The second-order valence-corrected chi connectivity index (χ2v) is 5.83. The van der Waals surface area contributed by atoms with Gasteiger partial charge in [0.1, 0.15) is 6.17 Å². The Balaban J connectivity index is 2.12. The third-order valence-corrected chi connectivity index (χ3v) is 4.19. The smallest absolute Gasteiger partial charge is 0.338 e. The average molecular weight is 338 g/mol. The number of rotatable bonds is 5. The molecule has 0 aromatic heterocycles. The molecule has 0 saturated heterocycles. The highest BCUT2D eigenvalue weighted by molar-refractivity contribution is 5.89. The van der Waals surface area contributed by atoms with Crippen LogP contribution in [0, 0.1) is 16.0 Å². The quantitative estimate of drug-likeness (QED) is 0.505. The van der Waals surface area contributed by atoms with Gasteiger partial charge < -0.3 is 10.1 Å². The number of nitrogens with zero attached hydrogens (tertiary/aromatic N) is 1. The van der Waals surface area contributed by atoms with E-state index in [1.54, 1.807) is 0 Å². The minimum absolute atomic E-state index is 0.0920. The summed E-state index contributed by atoms with van der Waals surface area (Å²) in [5.74, 6) is -1.39. The Morgan fingerprint density at radius 2 is 2.00 bits per heavy atom. The highest BCUT2D eigenvalue weighted by atomic mass is 19.1. The molecular weight excluding hydrogens is 319 g/mol. The molecule has 0 aliphatic heterocycles. The number of amides is 1. The van der Waals surface area contributed by atoms with Crippen LogP contribution in [0.2, 0.25) is 0 Å². The van der Waals surface area contributed by atoms with Crippen molar-refractivity contribution in [3.05, 3.63) is 39.9 Å². The van der Waals surface area contributed by atoms with Gasteiger partial charge in [-0.1, -0.05) is 13.3 Å². The van der Waals surface area contributed by atoms with Crippen molar-refractivity contribution in [2.45, 2.75) is 45.0 Å². The fraction of sp³-hybridized carbons (Fsp3) is 0.500. The lowest BCUT2D eigenvalue weighted by atomic mass is 10.0. The van der Waals surface area contributed by atoms with E-state index in [0.717, 1.165) is 0 Å². The monoisotopic (exact) mass is 338 g/mol. The summed E-state index contributed by atoms with van der Waals surface area (Å²) >= 11 is 0. The standard InChI is InChI=1S/C16H19FN2O5/c1-3-10-8-13(18-9(2)20)15(14(10)17)24-16(21)11-4-6-12(7-5-11)19(22)23/h4-7,10,13-15H,3,8H2,1-2H3,(H,18,20)/t10-,13+,14+,15-/m0/s1. The van der Waals surface area contributed by atoms with Crippen LogP contribution in [-0.4, -0.2) is 35.1 Å². The van der Waals surface area contributed by atoms with Crippen molar-refractivity contribution in [2.75, 3.05) is 0 Å². The maximum absolute atomic E-state index is 14.5. The van der Waals surface area contributed by atoms with Crippen molar-refractivity contribution in [1.29, 1.82) is 0 Å². The number of ether oxygens (including phenoxy) is 1. The van der Waals surface area contributed by atoms with E-state index in [9.17, 15) is 24.1 Å². The number of benzene rings is 1. The highest BCUT2D eigenvalue weighted by Gasteiger charge is 2.46. The first-order valence-corrected chi connectivity index (χ1v) is 7.70. The summed E-state index contributed by atoms with van der Waals surface area (Å²) in [6, 6.07) is 4.29. The number of hydrogen-bond donors (Lipinski definition) is 1. The maximum atomic E-state index is 14.5. The molecular formula is C16H19FN2O5. The van der Waals surface area contributed by atoms with Crippen LogP contribution in [0.5, 0.6) is 0 Å². The lowest BCUT2D eigenvalue weighted by molar-refractivity contribution is -0.384. The van der Waals surface area contributed by atoms with E-state index in [4.69, 9.17) is 4.74 Å². The van der Waals surface area contributed by atoms with E-state index < -0.39 is 29.2 Å². The van der Waals surface area contributed by atoms with Crippen molar-refractivity contribution < 1.29 is 23.6 Å². The molecule has 7 nitrogen and oxygen atoms in total. The van der Waals surface area contributed by atoms with Gasteiger partial charge in [-0.2, -0.15) is 0 Å². The lowest BCUT2D eigenvalue weighted by Gasteiger charge is -2.22. The largest absolute Gasteiger partial charge is 0.453 e. The van der Waals surface area contributed by atoms with Crippen molar-refractivity contribution in [2.24, 2.45) is 5.92 Å². The molecule has 0 bridgehead atoms. The summed E-state index contributed by atoms with van der Waals surface area (Å²) in [6.07, 6.45) is -1.46. The van der Waals surface area contributed by atoms with Crippen LogP contribution < -0.4 is 5.32 Å². The van der Waals surface area contributed by atoms with Gasteiger partial charge in [-0.3, -0.25) is 14.9 Å². The number of hydrogen-bond acceptors (Lipinski definition) is 5. The van der Waals surface area contributed by atoms with Gasteiger partial charge in [0.15, 0.2) is 6.10 Å². The first kappa shape index (κ1) is 17.8. The molecule has 1 aliphatic rings. The van der Waals surface area contributed by atoms with Crippen LogP contribution in [0.1, 0.15) is 37.0 Å². The van der Waals surface area contributed by atoms with Gasteiger partial charge in [0.25, 0.3) is 5.69 Å². The molecule has 0 heterocycles. The van der Waals surface area contributed by atoms with Crippen LogP contribution in [0.15, 0.2) is 24.3 Å². The number of halogens is 1. The zero-order chi connectivity index (χ0) is 17.9. The van der Waals surface area contributed by atoms with Crippen LogP contribution in [0.3, 0.4) is 0 Å². The number of carbonyl (C=O) groups excluding carboxylic acids is 2. The van der Waals surface area contributed by atoms with E-state index in [1.165, 1.54) is 31.2 Å². The molecule has 1 aromatic carbocycles. The van der Waals surface area contributed by atoms with Crippen molar-refractivity contribution in [1.82, 2.24) is 5.32 Å². The zero-order valence-electron chi connectivity index (χ0n) is 13.4. The van der Waals surface area contributed by atoms with Crippen molar-refractivity contribution in [3.63, 3.8) is 0 Å². The molecule has 1 fully saturated rings. The molecule has 24 heavy (non-hydrogen) atoms. The molecule has 130 valence electrons. The molecule has 2 rings (SSSR count). The number of nitrogens with one attached hydrogen (secondary N) is 1. The minimum atomic E-state index is -1.37. The number of non-ortho nitro benzene ring substituents is 1. The Labute approximate surface area is 138 Å². The Hall–Kier alpha value is -2.51. The van der Waals surface area contributed by atoms with Crippen LogP contribution in [0.4, 0.5) is 10.1 Å². The van der Waals surface area contributed by atoms with Gasteiger partial charge in [-0.25, -0.2) is 9.18 Å². The third kappa shape index (κ3) is 3.87. The zero-order valence-corrected chi connectivity index (χ0v) is 13.4. The maximum Gasteiger partial charge on any atom is 0.338 e. The fourth-order valence-corrected chi connectivity index (χ4v) is 2.93. The molecule has 1 saturated carbocycles. The molecule has 4 atom stereocenters. The summed E-state index contributed by atoms with van der Waals surface area (Å²) < 4.78 is 19.7. The third-order valence-electron chi connectivity index (χ3n) is 4.19. The second-order valence-electron chi connectivity index (χ2n) is 5.83. The Morgan fingerprint density at radius 3 is 2.50 bits per heavy atom.